The van der Waals surface area contributed by atoms with Gasteiger partial charge in [0.15, 0.2) is 5.82 Å². The number of benzene rings is 2. The van der Waals surface area contributed by atoms with E-state index in [1.807, 2.05) is 30.3 Å². The molecule has 0 fully saturated rings. The van der Waals surface area contributed by atoms with Crippen LogP contribution in [0.5, 0.6) is 11.8 Å². The van der Waals surface area contributed by atoms with Crippen LogP contribution in [0.1, 0.15) is 37.3 Å². The minimum Gasteiger partial charge on any atom is -0.494 e. The van der Waals surface area contributed by atoms with E-state index in [1.165, 1.54) is 11.9 Å². The fourth-order valence-corrected chi connectivity index (χ4v) is 3.03. The molecule has 8 heteroatoms. The molecule has 0 atom stereocenters. The molecular weight excluding hydrogens is 419 g/mol. The van der Waals surface area contributed by atoms with Crippen molar-refractivity contribution in [2.24, 2.45) is 0 Å². The van der Waals surface area contributed by atoms with E-state index in [-0.39, 0.29) is 18.4 Å². The van der Waals surface area contributed by atoms with Crippen LogP contribution in [0.15, 0.2) is 60.8 Å². The Labute approximate surface area is 185 Å². The molecule has 0 saturated carbocycles. The predicted molar refractivity (Wildman–Crippen MR) is 117 cm³/mol. The first kappa shape index (κ1) is 23.4. The Morgan fingerprint density at radius 2 is 1.66 bits per heavy atom. The van der Waals surface area contributed by atoms with E-state index in [2.05, 4.69) is 16.9 Å². The lowest BCUT2D eigenvalue weighted by molar-refractivity contribution is -0.137. The molecule has 0 amide bonds. The molecule has 170 valence electrons. The van der Waals surface area contributed by atoms with Gasteiger partial charge in [-0.1, -0.05) is 50.1 Å². The van der Waals surface area contributed by atoms with Gasteiger partial charge in [0.1, 0.15) is 17.9 Å². The Morgan fingerprint density at radius 1 is 0.938 bits per heavy atom. The fourth-order valence-electron chi connectivity index (χ4n) is 3.03. The summed E-state index contributed by atoms with van der Waals surface area (Å²) in [6.07, 6.45) is -0.706. The molecule has 1 aromatic heterocycles. The first-order valence-electron chi connectivity index (χ1n) is 10.5. The summed E-state index contributed by atoms with van der Waals surface area (Å²) in [5, 5.41) is 0. The Balaban J connectivity index is 1.78. The third-order valence-electron chi connectivity index (χ3n) is 4.82. The number of halogens is 3. The average Bonchev–Trinajstić information content (AvgIpc) is 2.80. The summed E-state index contributed by atoms with van der Waals surface area (Å²) in [7, 11) is 1.52. The van der Waals surface area contributed by atoms with Crippen LogP contribution in [-0.2, 0) is 12.8 Å². The molecule has 0 saturated heterocycles. The monoisotopic (exact) mass is 445 g/mol. The zero-order valence-electron chi connectivity index (χ0n) is 18.1. The highest BCUT2D eigenvalue weighted by atomic mass is 19.4. The van der Waals surface area contributed by atoms with Gasteiger partial charge in [0.25, 0.3) is 0 Å². The molecule has 1 heterocycles. The SMILES string of the molecule is CCCCCOc1ccc(N(C)c2nc(OCc3ccccc3)ncc2C(F)(F)F)cc1. The van der Waals surface area contributed by atoms with E-state index in [1.54, 1.807) is 24.3 Å². The molecule has 0 unspecified atom stereocenters. The van der Waals surface area contributed by atoms with Crippen molar-refractivity contribution in [1.82, 2.24) is 9.97 Å². The van der Waals surface area contributed by atoms with Crippen molar-refractivity contribution in [1.29, 1.82) is 0 Å². The molecule has 0 aliphatic rings. The van der Waals surface area contributed by atoms with Crippen molar-refractivity contribution in [2.75, 3.05) is 18.6 Å². The summed E-state index contributed by atoms with van der Waals surface area (Å²) < 4.78 is 52.0. The van der Waals surface area contributed by atoms with Crippen molar-refractivity contribution in [2.45, 2.75) is 39.0 Å². The minimum atomic E-state index is -4.61. The first-order chi connectivity index (χ1) is 15.4. The Kier molecular flexibility index (Phi) is 7.92. The molecule has 0 aliphatic carbocycles. The van der Waals surface area contributed by atoms with Crippen LogP contribution in [0.25, 0.3) is 0 Å². The number of ether oxygens (including phenoxy) is 2. The van der Waals surface area contributed by atoms with E-state index in [9.17, 15) is 13.2 Å². The third kappa shape index (κ3) is 6.35. The van der Waals surface area contributed by atoms with Gasteiger partial charge in [-0.2, -0.15) is 18.2 Å². The lowest BCUT2D eigenvalue weighted by Crippen LogP contribution is -2.19. The second-order valence-corrected chi connectivity index (χ2v) is 7.27. The fraction of sp³-hybridized carbons (Fsp3) is 0.333. The summed E-state index contributed by atoms with van der Waals surface area (Å²) in [6, 6.07) is 16.0. The molecule has 5 nitrogen and oxygen atoms in total. The highest BCUT2D eigenvalue weighted by Crippen LogP contribution is 2.38. The van der Waals surface area contributed by atoms with E-state index in [4.69, 9.17) is 9.47 Å². The highest BCUT2D eigenvalue weighted by Gasteiger charge is 2.36. The zero-order chi connectivity index (χ0) is 23.0. The molecule has 2 aromatic carbocycles. The lowest BCUT2D eigenvalue weighted by atomic mass is 10.2. The summed E-state index contributed by atoms with van der Waals surface area (Å²) in [5.74, 6) is 0.385. The normalized spacial score (nSPS) is 11.3. The van der Waals surface area contributed by atoms with Gasteiger partial charge in [-0.05, 0) is 36.2 Å². The summed E-state index contributed by atoms with van der Waals surface area (Å²) >= 11 is 0. The van der Waals surface area contributed by atoms with Crippen molar-refractivity contribution >= 4 is 11.5 Å². The van der Waals surface area contributed by atoms with Crippen molar-refractivity contribution in [3.8, 4) is 11.8 Å². The number of aromatic nitrogens is 2. The number of alkyl halides is 3. The number of unbranched alkanes of at least 4 members (excludes halogenated alkanes) is 2. The maximum Gasteiger partial charge on any atom is 0.421 e. The van der Waals surface area contributed by atoms with Gasteiger partial charge in [-0.25, -0.2) is 4.98 Å². The van der Waals surface area contributed by atoms with Crippen LogP contribution < -0.4 is 14.4 Å². The standard InChI is InChI=1S/C24H26F3N3O2/c1-3-4-8-15-31-20-13-11-19(12-14-20)30(2)22-21(24(25,26)27)16-28-23(29-22)32-17-18-9-6-5-7-10-18/h5-7,9-14,16H,3-4,8,15,17H2,1-2H3. The smallest absolute Gasteiger partial charge is 0.421 e. The number of anilines is 2. The third-order valence-corrected chi connectivity index (χ3v) is 4.82. The van der Waals surface area contributed by atoms with Gasteiger partial charge < -0.3 is 14.4 Å². The van der Waals surface area contributed by atoms with Crippen LogP contribution in [0.3, 0.4) is 0 Å². The predicted octanol–water partition coefficient (Wildman–Crippen LogP) is 6.41. The minimum absolute atomic E-state index is 0.125. The quantitative estimate of drug-likeness (QED) is 0.338. The molecule has 0 bridgehead atoms. The number of hydrogen-bond donors (Lipinski definition) is 0. The van der Waals surface area contributed by atoms with Gasteiger partial charge >= 0.3 is 12.2 Å². The highest BCUT2D eigenvalue weighted by molar-refractivity contribution is 5.63. The van der Waals surface area contributed by atoms with Gasteiger partial charge in [-0.15, -0.1) is 0 Å². The molecule has 0 aliphatic heterocycles. The molecular formula is C24H26F3N3O2. The maximum atomic E-state index is 13.6. The Bertz CT molecular complexity index is 980. The van der Waals surface area contributed by atoms with Crippen LogP contribution in [0, 0.1) is 0 Å². The van der Waals surface area contributed by atoms with E-state index in [0.717, 1.165) is 31.0 Å². The van der Waals surface area contributed by atoms with E-state index < -0.39 is 11.7 Å². The van der Waals surface area contributed by atoms with Gasteiger partial charge in [-0.3, -0.25) is 0 Å². The summed E-state index contributed by atoms with van der Waals surface area (Å²) in [6.45, 7) is 2.87. The van der Waals surface area contributed by atoms with Crippen molar-refractivity contribution < 1.29 is 22.6 Å². The molecule has 3 rings (SSSR count). The van der Waals surface area contributed by atoms with Crippen molar-refractivity contribution in [3.05, 3.63) is 71.9 Å². The Morgan fingerprint density at radius 3 is 2.31 bits per heavy atom. The largest absolute Gasteiger partial charge is 0.494 e. The van der Waals surface area contributed by atoms with E-state index >= 15 is 0 Å². The van der Waals surface area contributed by atoms with E-state index in [0.29, 0.717) is 18.0 Å². The average molecular weight is 445 g/mol. The number of hydrogen-bond acceptors (Lipinski definition) is 5. The van der Waals surface area contributed by atoms with Crippen LogP contribution >= 0.6 is 0 Å². The summed E-state index contributed by atoms with van der Waals surface area (Å²) in [4.78, 5) is 9.19. The molecule has 32 heavy (non-hydrogen) atoms. The molecule has 0 spiro atoms. The topological polar surface area (TPSA) is 47.5 Å². The lowest BCUT2D eigenvalue weighted by Gasteiger charge is -2.23. The second kappa shape index (κ2) is 10.8. The molecule has 0 radical (unpaired) electrons. The second-order valence-electron chi connectivity index (χ2n) is 7.27. The van der Waals surface area contributed by atoms with Gasteiger partial charge in [0.2, 0.25) is 0 Å². The number of nitrogens with zero attached hydrogens (tertiary/aromatic N) is 3. The van der Waals surface area contributed by atoms with Crippen molar-refractivity contribution in [3.63, 3.8) is 0 Å². The zero-order valence-corrected chi connectivity index (χ0v) is 18.1. The van der Waals surface area contributed by atoms with Crippen LogP contribution in [0.2, 0.25) is 0 Å². The molecule has 0 N–H and O–H groups in total. The number of rotatable bonds is 10. The summed E-state index contributed by atoms with van der Waals surface area (Å²) in [5.41, 5.74) is 0.455. The Hall–Kier alpha value is -3.29. The van der Waals surface area contributed by atoms with Crippen LogP contribution in [-0.4, -0.2) is 23.6 Å². The molecule has 3 aromatic rings. The maximum absolute atomic E-state index is 13.6. The first-order valence-corrected chi connectivity index (χ1v) is 10.5. The van der Waals surface area contributed by atoms with Gasteiger partial charge in [0.05, 0.1) is 6.61 Å². The van der Waals surface area contributed by atoms with Gasteiger partial charge in [0, 0.05) is 18.9 Å². The van der Waals surface area contributed by atoms with Crippen LogP contribution in [0.4, 0.5) is 24.7 Å².